The second kappa shape index (κ2) is 9.93. The van der Waals surface area contributed by atoms with E-state index in [2.05, 4.69) is 34.5 Å². The molecule has 2 aliphatic rings. The van der Waals surface area contributed by atoms with Crippen molar-refractivity contribution in [1.29, 1.82) is 0 Å². The highest BCUT2D eigenvalue weighted by molar-refractivity contribution is 14.0. The smallest absolute Gasteiger partial charge is 0.191 e. The fraction of sp³-hybridized carbons (Fsp3) is 0.938. The maximum atomic E-state index is 5.79. The van der Waals surface area contributed by atoms with Crippen molar-refractivity contribution in [1.82, 2.24) is 15.5 Å². The molecule has 2 N–H and O–H groups in total. The van der Waals surface area contributed by atoms with Crippen LogP contribution in [0.4, 0.5) is 0 Å². The minimum atomic E-state index is -0.0295. The Bertz CT molecular complexity index is 339. The highest BCUT2D eigenvalue weighted by Crippen LogP contribution is 2.24. The van der Waals surface area contributed by atoms with E-state index in [4.69, 9.17) is 4.74 Å². The molecule has 1 aliphatic heterocycles. The minimum Gasteiger partial charge on any atom is -0.373 e. The summed E-state index contributed by atoms with van der Waals surface area (Å²) in [5.41, 5.74) is -0.0295. The van der Waals surface area contributed by atoms with E-state index >= 15 is 0 Å². The first-order valence-electron chi connectivity index (χ1n) is 8.42. The number of ether oxygens (including phenoxy) is 1. The Morgan fingerprint density at radius 3 is 2.59 bits per heavy atom. The Hall–Kier alpha value is -0.0800. The van der Waals surface area contributed by atoms with Crippen LogP contribution in [0.2, 0.25) is 0 Å². The van der Waals surface area contributed by atoms with Gasteiger partial charge in [0.25, 0.3) is 0 Å². The lowest BCUT2D eigenvalue weighted by atomic mass is 10.0. The second-order valence-electron chi connectivity index (χ2n) is 6.67. The molecule has 0 amide bonds. The summed E-state index contributed by atoms with van der Waals surface area (Å²) < 4.78 is 5.79. The number of likely N-dealkylation sites (N-methyl/N-ethyl adjacent to an activating group) is 1. The molecule has 1 aliphatic carbocycles. The summed E-state index contributed by atoms with van der Waals surface area (Å²) in [6, 6.07) is 0.785. The Kier molecular flexibility index (Phi) is 9.01. The van der Waals surface area contributed by atoms with Crippen molar-refractivity contribution >= 4 is 29.9 Å². The van der Waals surface area contributed by atoms with Crippen LogP contribution in [0, 0.1) is 0 Å². The molecule has 2 fully saturated rings. The summed E-state index contributed by atoms with van der Waals surface area (Å²) in [6.07, 6.45) is 7.80. The molecule has 0 aromatic carbocycles. The number of rotatable bonds is 6. The first kappa shape index (κ1) is 20.0. The van der Waals surface area contributed by atoms with Crippen molar-refractivity contribution in [2.75, 3.05) is 40.3 Å². The quantitative estimate of drug-likeness (QED) is 0.390. The Morgan fingerprint density at radius 2 is 2.00 bits per heavy atom. The Balaban J connectivity index is 0.00000242. The summed E-state index contributed by atoms with van der Waals surface area (Å²) in [4.78, 5) is 6.78. The van der Waals surface area contributed by atoms with Gasteiger partial charge in [-0.05, 0) is 39.7 Å². The van der Waals surface area contributed by atoms with E-state index in [1.54, 1.807) is 0 Å². The van der Waals surface area contributed by atoms with Gasteiger partial charge in [0.1, 0.15) is 0 Å². The molecule has 1 atom stereocenters. The van der Waals surface area contributed by atoms with E-state index in [-0.39, 0.29) is 29.6 Å². The molecule has 0 aromatic rings. The summed E-state index contributed by atoms with van der Waals surface area (Å²) in [5.74, 6) is 0.881. The third kappa shape index (κ3) is 6.20. The molecular weight excluding hydrogens is 391 g/mol. The Labute approximate surface area is 152 Å². The number of nitrogens with one attached hydrogen (secondary N) is 2. The van der Waals surface area contributed by atoms with Gasteiger partial charge in [-0.1, -0.05) is 12.8 Å². The maximum Gasteiger partial charge on any atom is 0.191 e. The third-order valence-electron chi connectivity index (χ3n) is 4.86. The molecule has 6 heteroatoms. The average Bonchev–Trinajstić information content (AvgIpc) is 3.14. The van der Waals surface area contributed by atoms with Gasteiger partial charge in [0.2, 0.25) is 0 Å². The number of nitrogens with zero attached hydrogens (tertiary/aromatic N) is 2. The maximum absolute atomic E-state index is 5.79. The van der Waals surface area contributed by atoms with Crippen LogP contribution in [0.3, 0.4) is 0 Å². The van der Waals surface area contributed by atoms with Crippen molar-refractivity contribution in [3.8, 4) is 0 Å². The fourth-order valence-corrected chi connectivity index (χ4v) is 3.35. The van der Waals surface area contributed by atoms with E-state index in [0.29, 0.717) is 0 Å². The van der Waals surface area contributed by atoms with Crippen LogP contribution in [0.1, 0.15) is 45.4 Å². The fourth-order valence-electron chi connectivity index (χ4n) is 3.35. The van der Waals surface area contributed by atoms with E-state index in [1.807, 2.05) is 7.05 Å². The topological polar surface area (TPSA) is 48.9 Å². The zero-order chi connectivity index (χ0) is 15.1. The van der Waals surface area contributed by atoms with Gasteiger partial charge in [0, 0.05) is 39.3 Å². The molecule has 1 unspecified atom stereocenters. The molecule has 0 radical (unpaired) electrons. The first-order valence-corrected chi connectivity index (χ1v) is 8.42. The number of guanidine groups is 1. The highest BCUT2D eigenvalue weighted by Gasteiger charge is 2.29. The van der Waals surface area contributed by atoms with E-state index in [1.165, 1.54) is 25.7 Å². The number of hydrogen-bond acceptors (Lipinski definition) is 3. The summed E-state index contributed by atoms with van der Waals surface area (Å²) in [5, 5.41) is 6.80. The first-order chi connectivity index (χ1) is 10.1. The summed E-state index contributed by atoms with van der Waals surface area (Å²) >= 11 is 0. The zero-order valence-corrected chi connectivity index (χ0v) is 16.7. The predicted octanol–water partition coefficient (Wildman–Crippen LogP) is 2.21. The largest absolute Gasteiger partial charge is 0.373 e. The number of halogens is 1. The number of aliphatic imine (C=N–C) groups is 1. The van der Waals surface area contributed by atoms with Gasteiger partial charge in [-0.2, -0.15) is 0 Å². The molecule has 5 nitrogen and oxygen atoms in total. The lowest BCUT2D eigenvalue weighted by Crippen LogP contribution is -2.47. The third-order valence-corrected chi connectivity index (χ3v) is 4.86. The molecule has 0 spiro atoms. The highest BCUT2D eigenvalue weighted by atomic mass is 127. The van der Waals surface area contributed by atoms with E-state index in [0.717, 1.165) is 51.1 Å². The average molecular weight is 424 g/mol. The van der Waals surface area contributed by atoms with Gasteiger partial charge in [0.15, 0.2) is 5.96 Å². The van der Waals surface area contributed by atoms with Gasteiger partial charge in [-0.15, -0.1) is 24.0 Å². The molecule has 0 bridgehead atoms. The van der Waals surface area contributed by atoms with Crippen LogP contribution in [0.5, 0.6) is 0 Å². The lowest BCUT2D eigenvalue weighted by Gasteiger charge is -2.26. The molecule has 0 aromatic heterocycles. The second-order valence-corrected chi connectivity index (χ2v) is 6.67. The molecular formula is C16H33IN4O. The van der Waals surface area contributed by atoms with Crippen LogP contribution in [0.15, 0.2) is 4.99 Å². The Morgan fingerprint density at radius 1 is 1.27 bits per heavy atom. The summed E-state index contributed by atoms with van der Waals surface area (Å²) in [7, 11) is 4.06. The van der Waals surface area contributed by atoms with E-state index in [9.17, 15) is 0 Å². The van der Waals surface area contributed by atoms with Gasteiger partial charge in [0.05, 0.1) is 5.60 Å². The van der Waals surface area contributed by atoms with E-state index < -0.39 is 0 Å². The van der Waals surface area contributed by atoms with Crippen LogP contribution in [-0.2, 0) is 4.74 Å². The minimum absolute atomic E-state index is 0. The molecule has 1 heterocycles. The van der Waals surface area contributed by atoms with Crippen molar-refractivity contribution in [2.24, 2.45) is 4.99 Å². The van der Waals surface area contributed by atoms with Gasteiger partial charge in [-0.3, -0.25) is 4.99 Å². The van der Waals surface area contributed by atoms with Crippen molar-refractivity contribution < 1.29 is 4.74 Å². The van der Waals surface area contributed by atoms with Gasteiger partial charge < -0.3 is 20.3 Å². The van der Waals surface area contributed by atoms with Crippen LogP contribution in [0.25, 0.3) is 0 Å². The number of hydrogen-bond donors (Lipinski definition) is 2. The van der Waals surface area contributed by atoms with Crippen molar-refractivity contribution in [2.45, 2.75) is 57.1 Å². The molecule has 1 saturated heterocycles. The monoisotopic (exact) mass is 424 g/mol. The van der Waals surface area contributed by atoms with Crippen LogP contribution >= 0.6 is 24.0 Å². The molecule has 1 saturated carbocycles. The zero-order valence-electron chi connectivity index (χ0n) is 14.4. The van der Waals surface area contributed by atoms with Crippen molar-refractivity contribution in [3.05, 3.63) is 0 Å². The van der Waals surface area contributed by atoms with Crippen LogP contribution in [-0.4, -0.2) is 62.8 Å². The van der Waals surface area contributed by atoms with Crippen molar-refractivity contribution in [3.63, 3.8) is 0 Å². The van der Waals surface area contributed by atoms with Gasteiger partial charge >= 0.3 is 0 Å². The van der Waals surface area contributed by atoms with Gasteiger partial charge in [-0.25, -0.2) is 0 Å². The standard InChI is InChI=1S/C16H32N4O.HI/c1-16(9-6-12-21-16)13-19-15(17-2)18-10-11-20(3)14-7-4-5-8-14;/h14H,4-13H2,1-3H3,(H2,17,18,19);1H. The summed E-state index contributed by atoms with van der Waals surface area (Å²) in [6.45, 7) is 5.89. The molecule has 2 rings (SSSR count). The van der Waals surface area contributed by atoms with Crippen LogP contribution < -0.4 is 10.6 Å². The normalized spacial score (nSPS) is 26.3. The lowest BCUT2D eigenvalue weighted by molar-refractivity contribution is 0.0243. The molecule has 22 heavy (non-hydrogen) atoms. The predicted molar refractivity (Wildman–Crippen MR) is 103 cm³/mol. The SMILES string of the molecule is CN=C(NCCN(C)C1CCCC1)NCC1(C)CCCO1.I. The molecule has 130 valence electrons.